The van der Waals surface area contributed by atoms with Crippen molar-refractivity contribution in [3.8, 4) is 0 Å². The van der Waals surface area contributed by atoms with E-state index in [1.54, 1.807) is 24.3 Å². The Bertz CT molecular complexity index is 1010. The Morgan fingerprint density at radius 2 is 1.00 bits per heavy atom. The molecule has 156 valence electrons. The molecule has 0 heterocycles. The van der Waals surface area contributed by atoms with E-state index in [1.165, 1.54) is 0 Å². The number of rotatable bonds is 6. The number of nitrogens with one attached hydrogen (secondary N) is 4. The third-order valence-electron chi connectivity index (χ3n) is 3.39. The van der Waals surface area contributed by atoms with E-state index in [1.807, 2.05) is 24.3 Å². The Kier molecular flexibility index (Phi) is 7.52. The monoisotopic (exact) mass is 472 g/mol. The maximum atomic E-state index is 11.2. The summed E-state index contributed by atoms with van der Waals surface area (Å²) in [6, 6.07) is 14.8. The first kappa shape index (κ1) is 23.0. The molecule has 0 atom stereocenters. The van der Waals surface area contributed by atoms with Crippen LogP contribution in [0.1, 0.15) is 11.1 Å². The van der Waals surface area contributed by atoms with Gasteiger partial charge in [0.05, 0.1) is 12.5 Å². The molecule has 0 spiro atoms. The molecule has 0 fully saturated rings. The highest BCUT2D eigenvalue weighted by atomic mass is 32.2. The fraction of sp³-hybridized carbons (Fsp3) is 0.176. The zero-order chi connectivity index (χ0) is 21.7. The van der Waals surface area contributed by atoms with Gasteiger partial charge < -0.3 is 10.6 Å². The summed E-state index contributed by atoms with van der Waals surface area (Å²) in [5.74, 6) is 0. The standard InChI is InChI=1S/C17H20N4O4S4/c1-28(22,23)20-16(26)18-14-7-3-12(4-8-14)11-13-5-9-15(10-6-13)19-17(27)21-29(2,24)25/h3-10H,11H2,1-2H3,(H2,18,20,26)(H2,19,21,27). The Morgan fingerprint density at radius 3 is 1.28 bits per heavy atom. The van der Waals surface area contributed by atoms with Gasteiger partial charge in [0.15, 0.2) is 10.2 Å². The molecule has 0 aliphatic rings. The number of anilines is 2. The Labute approximate surface area is 181 Å². The van der Waals surface area contributed by atoms with Gasteiger partial charge in [0.2, 0.25) is 20.0 Å². The second-order valence-electron chi connectivity index (χ2n) is 6.23. The van der Waals surface area contributed by atoms with E-state index < -0.39 is 20.0 Å². The summed E-state index contributed by atoms with van der Waals surface area (Å²) in [4.78, 5) is 0. The van der Waals surface area contributed by atoms with Crippen LogP contribution in [0.15, 0.2) is 48.5 Å². The average molecular weight is 473 g/mol. The van der Waals surface area contributed by atoms with Gasteiger partial charge in [0.25, 0.3) is 0 Å². The lowest BCUT2D eigenvalue weighted by atomic mass is 10.0. The van der Waals surface area contributed by atoms with Crippen LogP contribution < -0.4 is 20.1 Å². The summed E-state index contributed by atoms with van der Waals surface area (Å²) in [6.07, 6.45) is 2.74. The molecule has 0 amide bonds. The van der Waals surface area contributed by atoms with Crippen molar-refractivity contribution < 1.29 is 16.8 Å². The predicted molar refractivity (Wildman–Crippen MR) is 124 cm³/mol. The van der Waals surface area contributed by atoms with Crippen LogP contribution in [0, 0.1) is 0 Å². The van der Waals surface area contributed by atoms with Gasteiger partial charge in [0.1, 0.15) is 0 Å². The lowest BCUT2D eigenvalue weighted by Gasteiger charge is -2.11. The maximum absolute atomic E-state index is 11.2. The van der Waals surface area contributed by atoms with Gasteiger partial charge in [-0.1, -0.05) is 24.3 Å². The molecule has 0 saturated heterocycles. The van der Waals surface area contributed by atoms with Crippen molar-refractivity contribution in [3.63, 3.8) is 0 Å². The summed E-state index contributed by atoms with van der Waals surface area (Å²) >= 11 is 9.88. The normalized spacial score (nSPS) is 11.4. The molecule has 0 aliphatic heterocycles. The lowest BCUT2D eigenvalue weighted by Crippen LogP contribution is -2.33. The zero-order valence-corrected chi connectivity index (χ0v) is 18.9. The van der Waals surface area contributed by atoms with E-state index in [4.69, 9.17) is 24.4 Å². The summed E-state index contributed by atoms with van der Waals surface area (Å²) in [7, 11) is -6.83. The third-order valence-corrected chi connectivity index (χ3v) is 5.20. The maximum Gasteiger partial charge on any atom is 0.231 e. The van der Waals surface area contributed by atoms with Crippen molar-refractivity contribution >= 4 is 66.1 Å². The van der Waals surface area contributed by atoms with Gasteiger partial charge in [0, 0.05) is 11.4 Å². The summed E-state index contributed by atoms with van der Waals surface area (Å²) in [5, 5.41) is 5.62. The molecule has 2 rings (SSSR count). The largest absolute Gasteiger partial charge is 0.332 e. The van der Waals surface area contributed by atoms with E-state index >= 15 is 0 Å². The fourth-order valence-corrected chi connectivity index (χ4v) is 4.22. The van der Waals surface area contributed by atoms with Crippen LogP contribution in [0.4, 0.5) is 11.4 Å². The van der Waals surface area contributed by atoms with E-state index in [0.29, 0.717) is 17.8 Å². The highest BCUT2D eigenvalue weighted by Crippen LogP contribution is 2.16. The van der Waals surface area contributed by atoms with E-state index in [9.17, 15) is 16.8 Å². The Hall–Kier alpha value is -2.28. The number of thiocarbonyl (C=S) groups is 2. The molecule has 0 aromatic heterocycles. The van der Waals surface area contributed by atoms with E-state index in [2.05, 4.69) is 20.1 Å². The van der Waals surface area contributed by atoms with E-state index in [-0.39, 0.29) is 10.2 Å². The van der Waals surface area contributed by atoms with Gasteiger partial charge in [-0.25, -0.2) is 16.8 Å². The fourth-order valence-electron chi connectivity index (χ4n) is 2.30. The highest BCUT2D eigenvalue weighted by molar-refractivity contribution is 7.91. The molecule has 4 N–H and O–H groups in total. The number of hydrogen-bond donors (Lipinski definition) is 4. The second-order valence-corrected chi connectivity index (χ2v) is 10.5. The summed E-state index contributed by atoms with van der Waals surface area (Å²) in [5.41, 5.74) is 3.43. The first-order chi connectivity index (χ1) is 13.4. The van der Waals surface area contributed by atoms with Gasteiger partial charge in [-0.05, 0) is 66.2 Å². The van der Waals surface area contributed by atoms with Crippen LogP contribution in [0.3, 0.4) is 0 Å². The minimum absolute atomic E-state index is 0.00613. The molecule has 2 aromatic rings. The molecule has 8 nitrogen and oxygen atoms in total. The zero-order valence-electron chi connectivity index (χ0n) is 15.6. The topological polar surface area (TPSA) is 116 Å². The van der Waals surface area contributed by atoms with Crippen LogP contribution in [-0.4, -0.2) is 39.6 Å². The van der Waals surface area contributed by atoms with Gasteiger partial charge in [-0.15, -0.1) is 0 Å². The summed E-state index contributed by atoms with van der Waals surface area (Å²) < 4.78 is 49.0. The molecule has 0 saturated carbocycles. The van der Waals surface area contributed by atoms with Crippen molar-refractivity contribution in [1.29, 1.82) is 0 Å². The Morgan fingerprint density at radius 1 is 0.690 bits per heavy atom. The quantitative estimate of drug-likeness (QED) is 0.470. The molecule has 2 aromatic carbocycles. The molecule has 29 heavy (non-hydrogen) atoms. The van der Waals surface area contributed by atoms with Crippen LogP contribution in [0.5, 0.6) is 0 Å². The van der Waals surface area contributed by atoms with Crippen LogP contribution >= 0.6 is 24.4 Å². The molecule has 0 bridgehead atoms. The molecule has 0 aliphatic carbocycles. The van der Waals surface area contributed by atoms with Crippen molar-refractivity contribution in [2.75, 3.05) is 23.1 Å². The Balaban J connectivity index is 1.93. The lowest BCUT2D eigenvalue weighted by molar-refractivity contribution is 0.597. The molecule has 0 unspecified atom stereocenters. The smallest absolute Gasteiger partial charge is 0.231 e. The first-order valence-electron chi connectivity index (χ1n) is 8.15. The predicted octanol–water partition coefficient (Wildman–Crippen LogP) is 1.77. The van der Waals surface area contributed by atoms with E-state index in [0.717, 1.165) is 23.6 Å². The van der Waals surface area contributed by atoms with Gasteiger partial charge >= 0.3 is 0 Å². The SMILES string of the molecule is CS(=O)(=O)NC(=S)Nc1ccc(Cc2ccc(NC(=S)NS(C)(=O)=O)cc2)cc1. The average Bonchev–Trinajstić information content (AvgIpc) is 2.55. The first-order valence-corrected chi connectivity index (χ1v) is 12.7. The van der Waals surface area contributed by atoms with Gasteiger partial charge in [-0.2, -0.15) is 0 Å². The second kappa shape index (κ2) is 9.48. The third kappa shape index (κ3) is 9.17. The molecular formula is C17H20N4O4S4. The van der Waals surface area contributed by atoms with Crippen LogP contribution in [0.2, 0.25) is 0 Å². The highest BCUT2D eigenvalue weighted by Gasteiger charge is 2.06. The number of sulfonamides is 2. The van der Waals surface area contributed by atoms with Crippen molar-refractivity contribution in [1.82, 2.24) is 9.44 Å². The minimum Gasteiger partial charge on any atom is -0.332 e. The summed E-state index contributed by atoms with van der Waals surface area (Å²) in [6.45, 7) is 0. The number of hydrogen-bond acceptors (Lipinski definition) is 6. The van der Waals surface area contributed by atoms with Crippen LogP contribution in [-0.2, 0) is 26.5 Å². The van der Waals surface area contributed by atoms with Crippen molar-refractivity contribution in [2.24, 2.45) is 0 Å². The molecular weight excluding hydrogens is 452 g/mol. The molecule has 12 heteroatoms. The van der Waals surface area contributed by atoms with Gasteiger partial charge in [-0.3, -0.25) is 9.44 Å². The molecule has 0 radical (unpaired) electrons. The van der Waals surface area contributed by atoms with Crippen LogP contribution in [0.25, 0.3) is 0 Å². The minimum atomic E-state index is -3.41. The number of benzene rings is 2. The van der Waals surface area contributed by atoms with Crippen molar-refractivity contribution in [2.45, 2.75) is 6.42 Å². The van der Waals surface area contributed by atoms with Crippen molar-refractivity contribution in [3.05, 3.63) is 59.7 Å².